The van der Waals surface area contributed by atoms with E-state index in [1.54, 1.807) is 11.9 Å². The number of amides is 3. The van der Waals surface area contributed by atoms with Crippen LogP contribution in [0.25, 0.3) is 0 Å². The Morgan fingerprint density at radius 3 is 2.48 bits per heavy atom. The second kappa shape index (κ2) is 7.47. The monoisotopic (exact) mass is 367 g/mol. The SMILES string of the molecule is CN1C(=O)N(Cc2ccccc2)C(=O)C12CCN(C[C@H]1CC=CCC1)CC2. The van der Waals surface area contributed by atoms with Gasteiger partial charge in [-0.25, -0.2) is 4.79 Å². The van der Waals surface area contributed by atoms with E-state index in [4.69, 9.17) is 0 Å². The summed E-state index contributed by atoms with van der Waals surface area (Å²) in [6.07, 6.45) is 9.68. The maximum absolute atomic E-state index is 13.2. The number of rotatable bonds is 4. The number of benzene rings is 1. The molecule has 27 heavy (non-hydrogen) atoms. The fourth-order valence-corrected chi connectivity index (χ4v) is 4.79. The van der Waals surface area contributed by atoms with E-state index in [9.17, 15) is 9.59 Å². The van der Waals surface area contributed by atoms with Gasteiger partial charge in [-0.15, -0.1) is 0 Å². The molecule has 1 aromatic carbocycles. The molecular formula is C22H29N3O2. The molecular weight excluding hydrogens is 338 g/mol. The van der Waals surface area contributed by atoms with Crippen LogP contribution in [0.2, 0.25) is 0 Å². The molecule has 1 aliphatic carbocycles. The number of urea groups is 1. The number of carbonyl (C=O) groups is 2. The number of allylic oxidation sites excluding steroid dienone is 2. The molecule has 3 aliphatic rings. The summed E-state index contributed by atoms with van der Waals surface area (Å²) in [5.74, 6) is 0.719. The van der Waals surface area contributed by atoms with Gasteiger partial charge in [0.15, 0.2) is 0 Å². The van der Waals surface area contributed by atoms with Crippen molar-refractivity contribution >= 4 is 11.9 Å². The van der Waals surface area contributed by atoms with Crippen molar-refractivity contribution in [3.05, 3.63) is 48.0 Å². The second-order valence-corrected chi connectivity index (χ2v) is 8.20. The Balaban J connectivity index is 1.41. The Morgan fingerprint density at radius 1 is 1.07 bits per heavy atom. The predicted octanol–water partition coefficient (Wildman–Crippen LogP) is 3.27. The molecule has 0 saturated carbocycles. The summed E-state index contributed by atoms with van der Waals surface area (Å²) in [4.78, 5) is 31.7. The molecule has 5 heteroatoms. The quantitative estimate of drug-likeness (QED) is 0.606. The van der Waals surface area contributed by atoms with Gasteiger partial charge in [-0.3, -0.25) is 9.69 Å². The normalized spacial score (nSPS) is 25.6. The van der Waals surface area contributed by atoms with E-state index < -0.39 is 5.54 Å². The molecule has 0 radical (unpaired) electrons. The highest BCUT2D eigenvalue weighted by molar-refractivity contribution is 6.06. The van der Waals surface area contributed by atoms with Gasteiger partial charge in [0.25, 0.3) is 5.91 Å². The zero-order valence-electron chi connectivity index (χ0n) is 16.1. The zero-order chi connectivity index (χ0) is 18.9. The highest BCUT2D eigenvalue weighted by Crippen LogP contribution is 2.37. The molecule has 0 aromatic heterocycles. The Hall–Kier alpha value is -2.14. The summed E-state index contributed by atoms with van der Waals surface area (Å²) < 4.78 is 0. The van der Waals surface area contributed by atoms with Crippen LogP contribution < -0.4 is 0 Å². The van der Waals surface area contributed by atoms with Crippen molar-refractivity contribution in [2.24, 2.45) is 5.92 Å². The second-order valence-electron chi connectivity index (χ2n) is 8.20. The van der Waals surface area contributed by atoms with Gasteiger partial charge in [0, 0.05) is 26.7 Å². The first-order chi connectivity index (χ1) is 13.1. The number of hydrogen-bond donors (Lipinski definition) is 0. The van der Waals surface area contributed by atoms with Gasteiger partial charge < -0.3 is 9.80 Å². The van der Waals surface area contributed by atoms with E-state index in [2.05, 4.69) is 17.1 Å². The molecule has 0 N–H and O–H groups in total. The molecule has 0 bridgehead atoms. The molecule has 1 spiro atoms. The first-order valence-electron chi connectivity index (χ1n) is 10.1. The van der Waals surface area contributed by atoms with Gasteiger partial charge in [0.05, 0.1) is 6.54 Å². The maximum atomic E-state index is 13.2. The summed E-state index contributed by atoms with van der Waals surface area (Å²) in [5.41, 5.74) is 0.349. The number of likely N-dealkylation sites (tertiary alicyclic amines) is 1. The number of hydrogen-bond acceptors (Lipinski definition) is 3. The highest BCUT2D eigenvalue weighted by Gasteiger charge is 2.56. The number of carbonyl (C=O) groups excluding carboxylic acids is 2. The molecule has 2 saturated heterocycles. The predicted molar refractivity (Wildman–Crippen MR) is 105 cm³/mol. The topological polar surface area (TPSA) is 43.9 Å². The number of piperidine rings is 1. The summed E-state index contributed by atoms with van der Waals surface area (Å²) in [6.45, 7) is 3.26. The molecule has 4 rings (SSSR count). The highest BCUT2D eigenvalue weighted by atomic mass is 16.2. The molecule has 2 heterocycles. The van der Waals surface area contributed by atoms with E-state index in [-0.39, 0.29) is 11.9 Å². The van der Waals surface area contributed by atoms with Gasteiger partial charge in [0.2, 0.25) is 0 Å². The van der Waals surface area contributed by atoms with Crippen molar-refractivity contribution in [1.29, 1.82) is 0 Å². The molecule has 1 aromatic rings. The van der Waals surface area contributed by atoms with Gasteiger partial charge in [0.1, 0.15) is 5.54 Å². The minimum atomic E-state index is -0.644. The average molecular weight is 367 g/mol. The third-order valence-corrected chi connectivity index (χ3v) is 6.56. The third-order valence-electron chi connectivity index (χ3n) is 6.56. The van der Waals surface area contributed by atoms with Crippen molar-refractivity contribution in [2.75, 3.05) is 26.7 Å². The lowest BCUT2D eigenvalue weighted by Crippen LogP contribution is -2.55. The Bertz CT molecular complexity index is 722. The van der Waals surface area contributed by atoms with Crippen LogP contribution in [0, 0.1) is 5.92 Å². The van der Waals surface area contributed by atoms with Crippen LogP contribution in [0.1, 0.15) is 37.7 Å². The third kappa shape index (κ3) is 3.41. The largest absolute Gasteiger partial charge is 0.327 e. The molecule has 5 nitrogen and oxygen atoms in total. The summed E-state index contributed by atoms with van der Waals surface area (Å²) in [5, 5.41) is 0. The summed E-state index contributed by atoms with van der Waals surface area (Å²) >= 11 is 0. The lowest BCUT2D eigenvalue weighted by Gasteiger charge is -2.41. The fraction of sp³-hybridized carbons (Fsp3) is 0.545. The van der Waals surface area contributed by atoms with Crippen LogP contribution in [0.15, 0.2) is 42.5 Å². The van der Waals surface area contributed by atoms with Crippen molar-refractivity contribution in [3.8, 4) is 0 Å². The molecule has 144 valence electrons. The van der Waals surface area contributed by atoms with Crippen molar-refractivity contribution in [2.45, 2.75) is 44.2 Å². The first kappa shape index (κ1) is 18.2. The number of likely N-dealkylation sites (N-methyl/N-ethyl adjacent to an activating group) is 1. The minimum Gasteiger partial charge on any atom is -0.312 e. The molecule has 3 amide bonds. The lowest BCUT2D eigenvalue weighted by molar-refractivity contribution is -0.135. The fourth-order valence-electron chi connectivity index (χ4n) is 4.79. The maximum Gasteiger partial charge on any atom is 0.327 e. The van der Waals surface area contributed by atoms with Gasteiger partial charge in [-0.05, 0) is 43.6 Å². The van der Waals surface area contributed by atoms with Crippen LogP contribution in [-0.2, 0) is 11.3 Å². The molecule has 2 fully saturated rings. The van der Waals surface area contributed by atoms with Crippen LogP contribution in [0.5, 0.6) is 0 Å². The summed E-state index contributed by atoms with van der Waals surface area (Å²) in [7, 11) is 1.80. The Kier molecular flexibility index (Phi) is 5.04. The minimum absolute atomic E-state index is 0.0147. The van der Waals surface area contributed by atoms with Crippen molar-refractivity contribution in [1.82, 2.24) is 14.7 Å². The summed E-state index contributed by atoms with van der Waals surface area (Å²) in [6, 6.07) is 9.61. The van der Waals surface area contributed by atoms with E-state index in [0.717, 1.165) is 44.0 Å². The first-order valence-corrected chi connectivity index (χ1v) is 10.1. The van der Waals surface area contributed by atoms with Crippen LogP contribution in [0.3, 0.4) is 0 Å². The van der Waals surface area contributed by atoms with Crippen LogP contribution >= 0.6 is 0 Å². The van der Waals surface area contributed by atoms with E-state index in [1.165, 1.54) is 24.2 Å². The van der Waals surface area contributed by atoms with Crippen LogP contribution in [0.4, 0.5) is 4.79 Å². The number of nitrogens with zero attached hydrogens (tertiary/aromatic N) is 3. The van der Waals surface area contributed by atoms with Gasteiger partial charge in [-0.1, -0.05) is 42.5 Å². The van der Waals surface area contributed by atoms with Gasteiger partial charge >= 0.3 is 6.03 Å². The Morgan fingerprint density at radius 2 is 1.81 bits per heavy atom. The van der Waals surface area contributed by atoms with E-state index in [0.29, 0.717) is 6.54 Å². The van der Waals surface area contributed by atoms with E-state index in [1.807, 2.05) is 30.3 Å². The Labute approximate surface area is 161 Å². The standard InChI is InChI=1S/C22H29N3O2/c1-23-21(27)25(17-19-10-6-3-7-11-19)20(26)22(23)12-14-24(15-13-22)16-18-8-4-2-5-9-18/h2-4,6-7,10-11,18H,5,8-9,12-17H2,1H3/t18-/m0/s1. The smallest absolute Gasteiger partial charge is 0.312 e. The van der Waals surface area contributed by atoms with Crippen molar-refractivity contribution < 1.29 is 9.59 Å². The van der Waals surface area contributed by atoms with Crippen molar-refractivity contribution in [3.63, 3.8) is 0 Å². The van der Waals surface area contributed by atoms with E-state index >= 15 is 0 Å². The average Bonchev–Trinajstić information content (AvgIpc) is 2.87. The molecule has 1 atom stereocenters. The number of imide groups is 1. The molecule has 2 aliphatic heterocycles. The van der Waals surface area contributed by atoms with Crippen LogP contribution in [-0.4, -0.2) is 58.9 Å². The molecule has 0 unspecified atom stereocenters. The zero-order valence-corrected chi connectivity index (χ0v) is 16.1. The van der Waals surface area contributed by atoms with Gasteiger partial charge in [-0.2, -0.15) is 0 Å². The lowest BCUT2D eigenvalue weighted by atomic mass is 9.85.